The van der Waals surface area contributed by atoms with Crippen molar-refractivity contribution < 1.29 is 24.0 Å². The molecule has 0 bridgehead atoms. The lowest BCUT2D eigenvalue weighted by Crippen LogP contribution is -2.43. The van der Waals surface area contributed by atoms with Gasteiger partial charge in [0.25, 0.3) is 0 Å². The van der Waals surface area contributed by atoms with Crippen LogP contribution in [0.1, 0.15) is 17.0 Å². The van der Waals surface area contributed by atoms with Crippen LogP contribution in [0.25, 0.3) is 0 Å². The average Bonchev–Trinajstić information content (AvgIpc) is 2.93. The summed E-state index contributed by atoms with van der Waals surface area (Å²) < 4.78 is 10.1. The van der Waals surface area contributed by atoms with Gasteiger partial charge in [0.05, 0.1) is 5.69 Å². The van der Waals surface area contributed by atoms with Crippen LogP contribution in [0.2, 0.25) is 0 Å². The first-order valence-corrected chi connectivity index (χ1v) is 7.10. The summed E-state index contributed by atoms with van der Waals surface area (Å²) in [6, 6.07) is 9.80. The van der Waals surface area contributed by atoms with Crippen LogP contribution in [0.3, 0.4) is 0 Å². The van der Waals surface area contributed by atoms with Gasteiger partial charge in [0.1, 0.15) is 19.3 Å². The van der Waals surface area contributed by atoms with Crippen LogP contribution < -0.4 is 5.32 Å². The highest BCUT2D eigenvalue weighted by Gasteiger charge is 2.20. The second kappa shape index (κ2) is 8.09. The molecule has 1 aromatic carbocycles. The zero-order chi connectivity index (χ0) is 16.7. The molecule has 2 N–H and O–H groups in total. The van der Waals surface area contributed by atoms with Crippen LogP contribution in [-0.4, -0.2) is 34.8 Å². The smallest absolute Gasteiger partial charge is 0.326 e. The number of aryl methyl sites for hydroxylation is 1. The molecular weight excluding hydrogens is 300 g/mol. The van der Waals surface area contributed by atoms with Gasteiger partial charge in [-0.25, -0.2) is 4.79 Å². The molecule has 0 aliphatic rings. The summed E-state index contributed by atoms with van der Waals surface area (Å²) >= 11 is 0. The monoisotopic (exact) mass is 318 g/mol. The number of hydrogen-bond acceptors (Lipinski definition) is 5. The van der Waals surface area contributed by atoms with Crippen LogP contribution in [0.15, 0.2) is 40.9 Å². The Morgan fingerprint density at radius 2 is 2.09 bits per heavy atom. The molecule has 0 spiro atoms. The zero-order valence-corrected chi connectivity index (χ0v) is 12.7. The quantitative estimate of drug-likeness (QED) is 0.761. The Morgan fingerprint density at radius 3 is 2.70 bits per heavy atom. The number of rotatable bonds is 8. The van der Waals surface area contributed by atoms with Gasteiger partial charge in [0.15, 0.2) is 5.76 Å². The van der Waals surface area contributed by atoms with Gasteiger partial charge in [-0.15, -0.1) is 0 Å². The second-order valence-electron chi connectivity index (χ2n) is 5.08. The standard InChI is InChI=1S/C16H18N2O5/c1-11-7-13(23-18-11)9-22-10-15(19)17-14(16(20)21)8-12-5-3-2-4-6-12/h2-7,14H,8-10H2,1H3,(H,17,19)(H,20,21)/t14-/m1/s1. The highest BCUT2D eigenvalue weighted by molar-refractivity contribution is 5.84. The van der Waals surface area contributed by atoms with Crippen molar-refractivity contribution in [1.82, 2.24) is 10.5 Å². The van der Waals surface area contributed by atoms with E-state index >= 15 is 0 Å². The lowest BCUT2D eigenvalue weighted by molar-refractivity contribution is -0.142. The third-order valence-corrected chi connectivity index (χ3v) is 3.07. The molecule has 7 heteroatoms. The molecule has 2 rings (SSSR count). The number of carboxylic acids is 1. The van der Waals surface area contributed by atoms with E-state index in [1.54, 1.807) is 13.0 Å². The largest absolute Gasteiger partial charge is 0.480 e. The van der Waals surface area contributed by atoms with E-state index in [9.17, 15) is 14.7 Å². The van der Waals surface area contributed by atoms with E-state index in [4.69, 9.17) is 9.26 Å². The molecular formula is C16H18N2O5. The third kappa shape index (κ3) is 5.55. The van der Waals surface area contributed by atoms with E-state index in [2.05, 4.69) is 10.5 Å². The van der Waals surface area contributed by atoms with Crippen molar-refractivity contribution in [3.63, 3.8) is 0 Å². The number of hydrogen-bond donors (Lipinski definition) is 2. The summed E-state index contributed by atoms with van der Waals surface area (Å²) in [6.07, 6.45) is 0.212. The Hall–Kier alpha value is -2.67. The molecule has 0 unspecified atom stereocenters. The maximum atomic E-state index is 11.8. The highest BCUT2D eigenvalue weighted by atomic mass is 16.5. The van der Waals surface area contributed by atoms with Gasteiger partial charge in [-0.2, -0.15) is 0 Å². The minimum atomic E-state index is -1.09. The van der Waals surface area contributed by atoms with Crippen molar-refractivity contribution >= 4 is 11.9 Å². The van der Waals surface area contributed by atoms with Crippen molar-refractivity contribution in [3.8, 4) is 0 Å². The maximum absolute atomic E-state index is 11.8. The molecule has 1 aromatic heterocycles. The molecule has 0 fully saturated rings. The Balaban J connectivity index is 1.79. The van der Waals surface area contributed by atoms with Crippen molar-refractivity contribution in [2.45, 2.75) is 26.0 Å². The van der Waals surface area contributed by atoms with Crippen LogP contribution in [0, 0.1) is 6.92 Å². The van der Waals surface area contributed by atoms with Crippen LogP contribution in [0.5, 0.6) is 0 Å². The molecule has 1 heterocycles. The number of carbonyl (C=O) groups excluding carboxylic acids is 1. The Labute approximate surface area is 133 Å². The minimum Gasteiger partial charge on any atom is -0.480 e. The van der Waals surface area contributed by atoms with Gasteiger partial charge >= 0.3 is 5.97 Å². The number of ether oxygens (including phenoxy) is 1. The summed E-state index contributed by atoms with van der Waals surface area (Å²) in [5.74, 6) is -1.08. The number of nitrogens with zero attached hydrogens (tertiary/aromatic N) is 1. The van der Waals surface area contributed by atoms with Crippen LogP contribution >= 0.6 is 0 Å². The summed E-state index contributed by atoms with van der Waals surface area (Å²) in [7, 11) is 0. The first kappa shape index (κ1) is 16.7. The number of aromatic nitrogens is 1. The first-order valence-electron chi connectivity index (χ1n) is 7.10. The van der Waals surface area contributed by atoms with Crippen molar-refractivity contribution in [2.75, 3.05) is 6.61 Å². The lowest BCUT2D eigenvalue weighted by atomic mass is 10.1. The number of nitrogens with one attached hydrogen (secondary N) is 1. The molecule has 23 heavy (non-hydrogen) atoms. The zero-order valence-electron chi connectivity index (χ0n) is 12.7. The third-order valence-electron chi connectivity index (χ3n) is 3.07. The fourth-order valence-electron chi connectivity index (χ4n) is 2.01. The van der Waals surface area contributed by atoms with E-state index in [1.807, 2.05) is 30.3 Å². The topological polar surface area (TPSA) is 102 Å². The molecule has 0 saturated heterocycles. The number of carbonyl (C=O) groups is 2. The van der Waals surface area contributed by atoms with E-state index in [0.29, 0.717) is 5.76 Å². The van der Waals surface area contributed by atoms with Crippen molar-refractivity contribution in [1.29, 1.82) is 0 Å². The molecule has 0 radical (unpaired) electrons. The van der Waals surface area contributed by atoms with E-state index in [0.717, 1.165) is 11.3 Å². The van der Waals surface area contributed by atoms with E-state index in [-0.39, 0.29) is 19.6 Å². The van der Waals surface area contributed by atoms with Crippen molar-refractivity contribution in [2.24, 2.45) is 0 Å². The number of carboxylic acid groups (broad SMARTS) is 1. The molecule has 1 atom stereocenters. The van der Waals surface area contributed by atoms with Gasteiger partial charge in [-0.3, -0.25) is 4.79 Å². The van der Waals surface area contributed by atoms with Crippen LogP contribution in [0.4, 0.5) is 0 Å². The lowest BCUT2D eigenvalue weighted by Gasteiger charge is -2.14. The molecule has 122 valence electrons. The first-order chi connectivity index (χ1) is 11.0. The van der Waals surface area contributed by atoms with Gasteiger partial charge in [-0.05, 0) is 12.5 Å². The summed E-state index contributed by atoms with van der Waals surface area (Å²) in [6.45, 7) is 1.63. The molecule has 0 saturated carbocycles. The summed E-state index contributed by atoms with van der Waals surface area (Å²) in [5, 5.41) is 15.4. The van der Waals surface area contributed by atoms with E-state index in [1.165, 1.54) is 0 Å². The Kier molecular flexibility index (Phi) is 5.87. The fourth-order valence-corrected chi connectivity index (χ4v) is 2.01. The normalized spacial score (nSPS) is 11.9. The van der Waals surface area contributed by atoms with Gasteiger partial charge < -0.3 is 19.7 Å². The average molecular weight is 318 g/mol. The molecule has 1 amide bonds. The minimum absolute atomic E-state index is 0.102. The Morgan fingerprint density at radius 1 is 1.35 bits per heavy atom. The van der Waals surface area contributed by atoms with Crippen LogP contribution in [-0.2, 0) is 27.4 Å². The highest BCUT2D eigenvalue weighted by Crippen LogP contribution is 2.05. The predicted molar refractivity (Wildman–Crippen MR) is 80.6 cm³/mol. The molecule has 0 aliphatic carbocycles. The maximum Gasteiger partial charge on any atom is 0.326 e. The molecule has 0 aliphatic heterocycles. The van der Waals surface area contributed by atoms with Gasteiger partial charge in [0.2, 0.25) is 5.91 Å². The number of aliphatic carboxylic acids is 1. The van der Waals surface area contributed by atoms with Gasteiger partial charge in [-0.1, -0.05) is 35.5 Å². The van der Waals surface area contributed by atoms with Crippen molar-refractivity contribution in [3.05, 3.63) is 53.4 Å². The number of benzene rings is 1. The summed E-state index contributed by atoms with van der Waals surface area (Å²) in [4.78, 5) is 23.1. The number of amides is 1. The SMILES string of the molecule is Cc1cc(COCC(=O)N[C@H](Cc2ccccc2)C(=O)O)on1. The van der Waals surface area contributed by atoms with Gasteiger partial charge in [0, 0.05) is 12.5 Å². The summed E-state index contributed by atoms with van der Waals surface area (Å²) in [5.41, 5.74) is 1.56. The van der Waals surface area contributed by atoms with E-state index < -0.39 is 17.9 Å². The molecule has 2 aromatic rings. The predicted octanol–water partition coefficient (Wildman–Crippen LogP) is 1.31. The fraction of sp³-hybridized carbons (Fsp3) is 0.312. The second-order valence-corrected chi connectivity index (χ2v) is 5.08. The molecule has 7 nitrogen and oxygen atoms in total. The Bertz CT molecular complexity index is 654.